The van der Waals surface area contributed by atoms with Crippen LogP contribution in [0.3, 0.4) is 0 Å². The zero-order chi connectivity index (χ0) is 14.0. The van der Waals surface area contributed by atoms with Crippen molar-refractivity contribution in [3.05, 3.63) is 36.5 Å². The lowest BCUT2D eigenvalue weighted by molar-refractivity contribution is 0.592. The van der Waals surface area contributed by atoms with Crippen LogP contribution in [0.5, 0.6) is 0 Å². The van der Waals surface area contributed by atoms with Crippen molar-refractivity contribution in [2.75, 3.05) is 0 Å². The maximum atomic E-state index is 2.34. The van der Waals surface area contributed by atoms with E-state index in [-0.39, 0.29) is 0 Å². The molecule has 0 amide bonds. The molecular formula is C19H34. The molecule has 0 radical (unpaired) electrons. The predicted octanol–water partition coefficient (Wildman–Crippen LogP) is 6.99. The standard InChI is InChI=1S/C19H34/c1-3-5-7-9-11-13-15-17-19-18-16-14-12-10-8-6-4-2/h7,9,11,13,17,19H,3-6,8,10,12,14-16,18H2,1-2H3. The fraction of sp³-hybridized carbons (Fsp3) is 0.684. The van der Waals surface area contributed by atoms with Crippen molar-refractivity contribution >= 4 is 0 Å². The Morgan fingerprint density at radius 1 is 0.526 bits per heavy atom. The Hall–Kier alpha value is -0.780. The molecule has 0 saturated carbocycles. The molecule has 0 atom stereocenters. The van der Waals surface area contributed by atoms with Crippen molar-refractivity contribution in [2.24, 2.45) is 0 Å². The highest BCUT2D eigenvalue weighted by Crippen LogP contribution is 2.08. The van der Waals surface area contributed by atoms with Gasteiger partial charge < -0.3 is 0 Å². The second-order valence-electron chi connectivity index (χ2n) is 5.26. The van der Waals surface area contributed by atoms with Gasteiger partial charge in [-0.15, -0.1) is 0 Å². The van der Waals surface area contributed by atoms with Crippen LogP contribution < -0.4 is 0 Å². The van der Waals surface area contributed by atoms with E-state index in [0.29, 0.717) is 0 Å². The summed E-state index contributed by atoms with van der Waals surface area (Å²) >= 11 is 0. The van der Waals surface area contributed by atoms with Gasteiger partial charge >= 0.3 is 0 Å². The summed E-state index contributed by atoms with van der Waals surface area (Å²) in [5.74, 6) is 0. The Bertz CT molecular complexity index is 232. The molecule has 0 aliphatic heterocycles. The number of hydrogen-bond acceptors (Lipinski definition) is 0. The molecule has 0 aliphatic carbocycles. The average Bonchev–Trinajstić information content (AvgIpc) is 2.43. The summed E-state index contributed by atoms with van der Waals surface area (Å²) in [7, 11) is 0. The molecule has 0 bridgehead atoms. The molecule has 0 nitrogen and oxygen atoms in total. The highest BCUT2D eigenvalue weighted by atomic mass is 13.9. The van der Waals surface area contributed by atoms with Crippen LogP contribution >= 0.6 is 0 Å². The molecule has 0 saturated heterocycles. The average molecular weight is 262 g/mol. The second-order valence-corrected chi connectivity index (χ2v) is 5.26. The maximum absolute atomic E-state index is 2.34. The third-order valence-electron chi connectivity index (χ3n) is 3.25. The molecule has 0 aliphatic rings. The highest BCUT2D eigenvalue weighted by Gasteiger charge is 1.88. The lowest BCUT2D eigenvalue weighted by Gasteiger charge is -1.98. The van der Waals surface area contributed by atoms with Gasteiger partial charge in [0.05, 0.1) is 0 Å². The molecule has 0 heterocycles. The summed E-state index contributed by atoms with van der Waals surface area (Å²) in [5.41, 5.74) is 0. The minimum Gasteiger partial charge on any atom is -0.0882 e. The molecule has 110 valence electrons. The molecule has 0 unspecified atom stereocenters. The van der Waals surface area contributed by atoms with Crippen molar-refractivity contribution in [1.29, 1.82) is 0 Å². The Kier molecular flexibility index (Phi) is 16.5. The monoisotopic (exact) mass is 262 g/mol. The third kappa shape index (κ3) is 17.2. The van der Waals surface area contributed by atoms with Crippen molar-refractivity contribution in [2.45, 2.75) is 84.5 Å². The molecular weight excluding hydrogens is 228 g/mol. The second kappa shape index (κ2) is 17.2. The molecule has 0 heteroatoms. The number of hydrogen-bond donors (Lipinski definition) is 0. The van der Waals surface area contributed by atoms with Gasteiger partial charge in [0.2, 0.25) is 0 Å². The van der Waals surface area contributed by atoms with Crippen LogP contribution in [-0.2, 0) is 0 Å². The van der Waals surface area contributed by atoms with Crippen molar-refractivity contribution in [3.8, 4) is 0 Å². The summed E-state index contributed by atoms with van der Waals surface area (Å²) in [6.45, 7) is 4.49. The molecule has 0 aromatic rings. The fourth-order valence-electron chi connectivity index (χ4n) is 2.01. The molecule has 0 aromatic heterocycles. The van der Waals surface area contributed by atoms with Crippen LogP contribution in [0.15, 0.2) is 36.5 Å². The van der Waals surface area contributed by atoms with Crippen LogP contribution in [0.25, 0.3) is 0 Å². The van der Waals surface area contributed by atoms with E-state index in [4.69, 9.17) is 0 Å². The largest absolute Gasteiger partial charge is 0.0882 e. The summed E-state index contributed by atoms with van der Waals surface area (Å²) in [4.78, 5) is 0. The molecule has 0 rings (SSSR count). The SMILES string of the molecule is CCCC=CC=CCC=CCCCCCCCCC. The van der Waals surface area contributed by atoms with Gasteiger partial charge in [-0.05, 0) is 25.7 Å². The van der Waals surface area contributed by atoms with Crippen LogP contribution in [0.4, 0.5) is 0 Å². The first-order chi connectivity index (χ1) is 9.41. The minimum absolute atomic E-state index is 1.08. The maximum Gasteiger partial charge on any atom is -0.0166 e. The number of allylic oxidation sites excluding steroid dienone is 6. The van der Waals surface area contributed by atoms with Crippen LogP contribution in [0.2, 0.25) is 0 Å². The first kappa shape index (κ1) is 18.2. The van der Waals surface area contributed by atoms with E-state index >= 15 is 0 Å². The van der Waals surface area contributed by atoms with E-state index in [9.17, 15) is 0 Å². The van der Waals surface area contributed by atoms with Gasteiger partial charge in [-0.25, -0.2) is 0 Å². The zero-order valence-electron chi connectivity index (χ0n) is 13.2. The Labute approximate surface area is 121 Å². The Balaban J connectivity index is 3.21. The Morgan fingerprint density at radius 3 is 1.95 bits per heavy atom. The first-order valence-electron chi connectivity index (χ1n) is 8.38. The van der Waals surface area contributed by atoms with Gasteiger partial charge in [0, 0.05) is 0 Å². The molecule has 0 fully saturated rings. The van der Waals surface area contributed by atoms with Gasteiger partial charge in [0.1, 0.15) is 0 Å². The molecule has 0 spiro atoms. The molecule has 19 heavy (non-hydrogen) atoms. The van der Waals surface area contributed by atoms with Crippen molar-refractivity contribution < 1.29 is 0 Å². The van der Waals surface area contributed by atoms with Gasteiger partial charge in [-0.1, -0.05) is 95.2 Å². The summed E-state index contributed by atoms with van der Waals surface area (Å²) < 4.78 is 0. The topological polar surface area (TPSA) is 0 Å². The smallest absolute Gasteiger partial charge is 0.0166 e. The van der Waals surface area contributed by atoms with Gasteiger partial charge in [-0.2, -0.15) is 0 Å². The van der Waals surface area contributed by atoms with E-state index in [1.807, 2.05) is 0 Å². The van der Waals surface area contributed by atoms with E-state index in [1.165, 1.54) is 64.2 Å². The van der Waals surface area contributed by atoms with Crippen LogP contribution in [0, 0.1) is 0 Å². The number of rotatable bonds is 13. The first-order valence-corrected chi connectivity index (χ1v) is 8.38. The molecule has 0 N–H and O–H groups in total. The fourth-order valence-corrected chi connectivity index (χ4v) is 2.01. The van der Waals surface area contributed by atoms with E-state index in [0.717, 1.165) is 6.42 Å². The summed E-state index contributed by atoms with van der Waals surface area (Å²) in [6.07, 6.45) is 28.0. The quantitative estimate of drug-likeness (QED) is 0.191. The lowest BCUT2D eigenvalue weighted by atomic mass is 10.1. The Morgan fingerprint density at radius 2 is 1.21 bits per heavy atom. The van der Waals surface area contributed by atoms with Gasteiger partial charge in [-0.3, -0.25) is 0 Å². The number of unbranched alkanes of at least 4 members (excludes halogenated alkanes) is 8. The minimum atomic E-state index is 1.08. The van der Waals surface area contributed by atoms with Gasteiger partial charge in [0.25, 0.3) is 0 Å². The predicted molar refractivity (Wildman–Crippen MR) is 89.6 cm³/mol. The van der Waals surface area contributed by atoms with E-state index < -0.39 is 0 Å². The van der Waals surface area contributed by atoms with E-state index in [1.54, 1.807) is 0 Å². The molecule has 0 aromatic carbocycles. The van der Waals surface area contributed by atoms with E-state index in [2.05, 4.69) is 50.3 Å². The lowest BCUT2D eigenvalue weighted by Crippen LogP contribution is -1.78. The third-order valence-corrected chi connectivity index (χ3v) is 3.25. The summed E-state index contributed by atoms with van der Waals surface area (Å²) in [6, 6.07) is 0. The van der Waals surface area contributed by atoms with Crippen molar-refractivity contribution in [1.82, 2.24) is 0 Å². The van der Waals surface area contributed by atoms with Crippen LogP contribution in [-0.4, -0.2) is 0 Å². The normalized spacial score (nSPS) is 12.3. The van der Waals surface area contributed by atoms with Gasteiger partial charge in [0.15, 0.2) is 0 Å². The van der Waals surface area contributed by atoms with Crippen LogP contribution in [0.1, 0.15) is 84.5 Å². The highest BCUT2D eigenvalue weighted by molar-refractivity contribution is 5.04. The summed E-state index contributed by atoms with van der Waals surface area (Å²) in [5, 5.41) is 0. The zero-order valence-corrected chi connectivity index (χ0v) is 13.2. The van der Waals surface area contributed by atoms with Crippen molar-refractivity contribution in [3.63, 3.8) is 0 Å².